The number of aliphatic hydroxyl groups is 3. The highest BCUT2D eigenvalue weighted by Gasteiger charge is 2.20. The van der Waals surface area contributed by atoms with Crippen LogP contribution in [-0.2, 0) is 4.79 Å². The zero-order chi connectivity index (χ0) is 31.6. The average Bonchev–Trinajstić information content (AvgIpc) is 3.00. The van der Waals surface area contributed by atoms with Crippen molar-refractivity contribution in [1.82, 2.24) is 5.32 Å². The van der Waals surface area contributed by atoms with Crippen LogP contribution < -0.4 is 5.32 Å². The summed E-state index contributed by atoms with van der Waals surface area (Å²) in [5.41, 5.74) is 0. The van der Waals surface area contributed by atoms with Crippen molar-refractivity contribution in [3.63, 3.8) is 0 Å². The molecule has 0 aliphatic rings. The number of unbranched alkanes of at least 4 members (excludes halogenated alkanes) is 17. The summed E-state index contributed by atoms with van der Waals surface area (Å²) < 4.78 is 0. The molecular weight excluding hydrogens is 534 g/mol. The highest BCUT2D eigenvalue weighted by Crippen LogP contribution is 2.13. The fourth-order valence-corrected chi connectivity index (χ4v) is 5.14. The van der Waals surface area contributed by atoms with Crippen LogP contribution in [0.3, 0.4) is 0 Å². The first-order valence-electron chi connectivity index (χ1n) is 17.9. The maximum atomic E-state index is 12.3. The van der Waals surface area contributed by atoms with Crippen LogP contribution in [0.5, 0.6) is 0 Å². The van der Waals surface area contributed by atoms with Gasteiger partial charge in [-0.3, -0.25) is 4.79 Å². The second-order valence-electron chi connectivity index (χ2n) is 12.1. The minimum Gasteiger partial charge on any atom is -0.394 e. The van der Waals surface area contributed by atoms with Crippen LogP contribution in [0.4, 0.5) is 0 Å². The first-order valence-corrected chi connectivity index (χ1v) is 17.9. The zero-order valence-electron chi connectivity index (χ0n) is 28.1. The molecule has 43 heavy (non-hydrogen) atoms. The Morgan fingerprint density at radius 2 is 1.09 bits per heavy atom. The molecule has 5 heteroatoms. The Labute approximate surface area is 266 Å². The minimum atomic E-state index is -0.959. The highest BCUT2D eigenvalue weighted by molar-refractivity contribution is 5.76. The summed E-state index contributed by atoms with van der Waals surface area (Å²) in [5.74, 6) is -0.340. The second-order valence-corrected chi connectivity index (χ2v) is 12.1. The van der Waals surface area contributed by atoms with Crippen LogP contribution in [0, 0.1) is 0 Å². The van der Waals surface area contributed by atoms with E-state index < -0.39 is 18.2 Å². The molecule has 0 saturated carbocycles. The molecule has 5 nitrogen and oxygen atoms in total. The maximum Gasteiger partial charge on any atom is 0.222 e. The number of hydrogen-bond acceptors (Lipinski definition) is 4. The Morgan fingerprint density at radius 3 is 1.63 bits per heavy atom. The molecule has 250 valence electrons. The standard InChI is InChI=1S/C38H69NO4/c1-3-5-7-9-11-13-14-15-16-17-18-19-20-21-22-24-25-27-29-31-35(41)33-38(43)39-36(34-40)37(42)32-30-28-26-23-12-10-8-6-4-2/h4,6,12,19-20,23,30,32,35-37,40-42H,3,5,7-11,13-18,21-22,24-29,31,33-34H2,1-2H3,(H,39,43)/b6-4+,20-19-,23-12+,32-30+. The summed E-state index contributed by atoms with van der Waals surface area (Å²) >= 11 is 0. The van der Waals surface area contributed by atoms with Crippen LogP contribution in [0.1, 0.15) is 162 Å². The SMILES string of the molecule is C/C=C/CC/C=C/CC/C=C/C(O)C(CO)NC(=O)CC(O)CCCCCCC/C=C\CCCCCCCCCCCC. The number of hydrogen-bond donors (Lipinski definition) is 4. The Morgan fingerprint density at radius 1 is 0.628 bits per heavy atom. The first kappa shape index (κ1) is 41.3. The molecular formula is C38H69NO4. The van der Waals surface area contributed by atoms with E-state index in [2.05, 4.69) is 48.7 Å². The molecule has 3 atom stereocenters. The number of carbonyl (C=O) groups is 1. The van der Waals surface area contributed by atoms with Gasteiger partial charge >= 0.3 is 0 Å². The predicted molar refractivity (Wildman–Crippen MR) is 185 cm³/mol. The Kier molecular flexibility index (Phi) is 31.9. The molecule has 3 unspecified atom stereocenters. The van der Waals surface area contributed by atoms with Crippen LogP contribution in [-0.4, -0.2) is 46.1 Å². The minimum absolute atomic E-state index is 0.00517. The van der Waals surface area contributed by atoms with Gasteiger partial charge in [0, 0.05) is 0 Å². The topological polar surface area (TPSA) is 89.8 Å². The van der Waals surface area contributed by atoms with Crippen molar-refractivity contribution in [2.24, 2.45) is 0 Å². The maximum absolute atomic E-state index is 12.3. The molecule has 0 bridgehead atoms. The van der Waals surface area contributed by atoms with Gasteiger partial charge in [-0.05, 0) is 64.7 Å². The van der Waals surface area contributed by atoms with Gasteiger partial charge in [0.15, 0.2) is 0 Å². The van der Waals surface area contributed by atoms with E-state index in [1.165, 1.54) is 83.5 Å². The lowest BCUT2D eigenvalue weighted by Crippen LogP contribution is -2.45. The molecule has 1 amide bonds. The van der Waals surface area contributed by atoms with Crippen LogP contribution in [0.2, 0.25) is 0 Å². The number of carbonyl (C=O) groups excluding carboxylic acids is 1. The van der Waals surface area contributed by atoms with E-state index in [-0.39, 0.29) is 18.9 Å². The van der Waals surface area contributed by atoms with Crippen molar-refractivity contribution in [1.29, 1.82) is 0 Å². The number of aliphatic hydroxyl groups excluding tert-OH is 3. The molecule has 0 aromatic rings. The lowest BCUT2D eigenvalue weighted by atomic mass is 10.0. The normalized spacial score (nSPS) is 14.4. The lowest BCUT2D eigenvalue weighted by Gasteiger charge is -2.20. The highest BCUT2D eigenvalue weighted by atomic mass is 16.3. The average molecular weight is 604 g/mol. The van der Waals surface area contributed by atoms with Gasteiger partial charge in [-0.1, -0.05) is 139 Å². The second kappa shape index (κ2) is 33.2. The van der Waals surface area contributed by atoms with E-state index >= 15 is 0 Å². The molecule has 0 rings (SSSR count). The van der Waals surface area contributed by atoms with E-state index in [0.29, 0.717) is 6.42 Å². The van der Waals surface area contributed by atoms with Gasteiger partial charge < -0.3 is 20.6 Å². The van der Waals surface area contributed by atoms with Crippen LogP contribution in [0.15, 0.2) is 48.6 Å². The Balaban J connectivity index is 3.73. The van der Waals surface area contributed by atoms with Crippen molar-refractivity contribution in [3.05, 3.63) is 48.6 Å². The summed E-state index contributed by atoms with van der Waals surface area (Å²) in [5, 5.41) is 32.8. The van der Waals surface area contributed by atoms with Crippen molar-refractivity contribution < 1.29 is 20.1 Å². The van der Waals surface area contributed by atoms with Crippen molar-refractivity contribution in [2.45, 2.75) is 180 Å². The molecule has 0 heterocycles. The third kappa shape index (κ3) is 30.1. The van der Waals surface area contributed by atoms with Crippen molar-refractivity contribution >= 4 is 5.91 Å². The molecule has 0 fully saturated rings. The smallest absolute Gasteiger partial charge is 0.222 e. The van der Waals surface area contributed by atoms with E-state index in [1.54, 1.807) is 6.08 Å². The third-order valence-corrected chi connectivity index (χ3v) is 7.91. The fraction of sp³-hybridized carbons (Fsp3) is 0.763. The monoisotopic (exact) mass is 604 g/mol. The largest absolute Gasteiger partial charge is 0.394 e. The number of amides is 1. The molecule has 0 saturated heterocycles. The molecule has 0 aliphatic carbocycles. The summed E-state index contributed by atoms with van der Waals surface area (Å²) in [6, 6.07) is -0.767. The quantitative estimate of drug-likeness (QED) is 0.0469. The van der Waals surface area contributed by atoms with Crippen LogP contribution >= 0.6 is 0 Å². The van der Waals surface area contributed by atoms with Crippen molar-refractivity contribution in [2.75, 3.05) is 6.61 Å². The first-order chi connectivity index (χ1) is 21.0. The zero-order valence-corrected chi connectivity index (χ0v) is 28.1. The summed E-state index contributed by atoms with van der Waals surface area (Å²) in [6.07, 6.45) is 41.2. The van der Waals surface area contributed by atoms with E-state index in [9.17, 15) is 20.1 Å². The van der Waals surface area contributed by atoms with Crippen LogP contribution in [0.25, 0.3) is 0 Å². The van der Waals surface area contributed by atoms with E-state index in [4.69, 9.17) is 0 Å². The molecule has 0 aliphatic heterocycles. The lowest BCUT2D eigenvalue weighted by molar-refractivity contribution is -0.124. The number of allylic oxidation sites excluding steroid dienone is 7. The Bertz CT molecular complexity index is 715. The summed E-state index contributed by atoms with van der Waals surface area (Å²) in [4.78, 5) is 12.3. The third-order valence-electron chi connectivity index (χ3n) is 7.91. The van der Waals surface area contributed by atoms with Gasteiger partial charge in [0.05, 0.1) is 31.3 Å². The Hall–Kier alpha value is -1.69. The van der Waals surface area contributed by atoms with Gasteiger partial charge in [0.2, 0.25) is 5.91 Å². The molecule has 0 radical (unpaired) electrons. The predicted octanol–water partition coefficient (Wildman–Crippen LogP) is 9.42. The molecule has 0 aromatic carbocycles. The fourth-order valence-electron chi connectivity index (χ4n) is 5.14. The van der Waals surface area contributed by atoms with Gasteiger partial charge in [0.25, 0.3) is 0 Å². The van der Waals surface area contributed by atoms with E-state index in [1.807, 2.05) is 13.0 Å². The molecule has 0 aromatic heterocycles. The summed E-state index contributed by atoms with van der Waals surface area (Å²) in [7, 11) is 0. The van der Waals surface area contributed by atoms with Gasteiger partial charge in [0.1, 0.15) is 0 Å². The van der Waals surface area contributed by atoms with Gasteiger partial charge in [-0.2, -0.15) is 0 Å². The molecule has 0 spiro atoms. The molecule has 4 N–H and O–H groups in total. The van der Waals surface area contributed by atoms with Gasteiger partial charge in [-0.15, -0.1) is 0 Å². The summed E-state index contributed by atoms with van der Waals surface area (Å²) in [6.45, 7) is 3.94. The number of rotatable bonds is 31. The van der Waals surface area contributed by atoms with Gasteiger partial charge in [-0.25, -0.2) is 0 Å². The van der Waals surface area contributed by atoms with E-state index in [0.717, 1.165) is 51.4 Å². The van der Waals surface area contributed by atoms with Crippen molar-refractivity contribution in [3.8, 4) is 0 Å². The number of nitrogens with one attached hydrogen (secondary N) is 1.